The van der Waals surface area contributed by atoms with Gasteiger partial charge in [-0.1, -0.05) is 36.4 Å². The van der Waals surface area contributed by atoms with E-state index < -0.39 is 6.61 Å². The maximum atomic E-state index is 12.9. The molecule has 0 saturated carbocycles. The van der Waals surface area contributed by atoms with Gasteiger partial charge in [0.25, 0.3) is 0 Å². The van der Waals surface area contributed by atoms with Gasteiger partial charge in [0.15, 0.2) is 0 Å². The standard InChI is InChI=1S/C22H24F2N2O2S/c23-22(24)28-20-8-7-16-4-1-2-5-17(16)18(20)14-25-15-19(21-6-3-13-29-21)26-9-11-27-12-10-26/h1-8,13,19,22,25H,9-12,14-15H2. The van der Waals surface area contributed by atoms with Crippen LogP contribution >= 0.6 is 11.3 Å². The van der Waals surface area contributed by atoms with Crippen molar-refractivity contribution in [3.8, 4) is 5.75 Å². The first-order valence-electron chi connectivity index (χ1n) is 9.74. The Kier molecular flexibility index (Phi) is 6.71. The molecule has 2 heterocycles. The number of alkyl halides is 2. The number of nitrogens with one attached hydrogen (secondary N) is 1. The molecule has 1 aliphatic heterocycles. The summed E-state index contributed by atoms with van der Waals surface area (Å²) in [6.07, 6.45) is 0. The van der Waals surface area contributed by atoms with E-state index in [0.717, 1.165) is 49.2 Å². The molecular weight excluding hydrogens is 394 g/mol. The first kappa shape index (κ1) is 20.2. The van der Waals surface area contributed by atoms with Crippen LogP contribution in [0.2, 0.25) is 0 Å². The summed E-state index contributed by atoms with van der Waals surface area (Å²) in [5.41, 5.74) is 0.760. The minimum Gasteiger partial charge on any atom is -0.434 e. The van der Waals surface area contributed by atoms with Gasteiger partial charge in [-0.25, -0.2) is 0 Å². The number of fused-ring (bicyclic) bond motifs is 1. The van der Waals surface area contributed by atoms with Gasteiger partial charge in [-0.15, -0.1) is 11.3 Å². The van der Waals surface area contributed by atoms with E-state index in [1.165, 1.54) is 4.88 Å². The van der Waals surface area contributed by atoms with Gasteiger partial charge in [-0.2, -0.15) is 8.78 Å². The van der Waals surface area contributed by atoms with Crippen LogP contribution in [0.4, 0.5) is 8.78 Å². The van der Waals surface area contributed by atoms with Crippen LogP contribution in [0.3, 0.4) is 0 Å². The molecule has 0 amide bonds. The highest BCUT2D eigenvalue weighted by molar-refractivity contribution is 7.10. The van der Waals surface area contributed by atoms with Crippen molar-refractivity contribution < 1.29 is 18.3 Å². The summed E-state index contributed by atoms with van der Waals surface area (Å²) in [6.45, 7) is 1.57. The average molecular weight is 419 g/mol. The minimum absolute atomic E-state index is 0.227. The number of halogens is 2. The van der Waals surface area contributed by atoms with Crippen LogP contribution in [0.15, 0.2) is 53.9 Å². The van der Waals surface area contributed by atoms with Crippen molar-refractivity contribution in [1.82, 2.24) is 10.2 Å². The number of benzene rings is 2. The number of thiophene rings is 1. The lowest BCUT2D eigenvalue weighted by molar-refractivity contribution is -0.0503. The average Bonchev–Trinajstić information content (AvgIpc) is 3.27. The predicted octanol–water partition coefficient (Wildman–Crippen LogP) is 4.67. The highest BCUT2D eigenvalue weighted by Crippen LogP contribution is 2.30. The topological polar surface area (TPSA) is 33.7 Å². The molecule has 0 bridgehead atoms. The van der Waals surface area contributed by atoms with E-state index in [1.54, 1.807) is 17.4 Å². The molecule has 3 aromatic rings. The molecule has 1 N–H and O–H groups in total. The van der Waals surface area contributed by atoms with Gasteiger partial charge in [-0.05, 0) is 28.3 Å². The Bertz CT molecular complexity index is 914. The van der Waals surface area contributed by atoms with E-state index in [2.05, 4.69) is 27.7 Å². The van der Waals surface area contributed by atoms with Crippen LogP contribution in [-0.4, -0.2) is 44.4 Å². The number of nitrogens with zero attached hydrogens (tertiary/aromatic N) is 1. The smallest absolute Gasteiger partial charge is 0.387 e. The molecule has 1 fully saturated rings. The maximum absolute atomic E-state index is 12.9. The highest BCUT2D eigenvalue weighted by Gasteiger charge is 2.23. The molecule has 0 radical (unpaired) electrons. The predicted molar refractivity (Wildman–Crippen MR) is 112 cm³/mol. The van der Waals surface area contributed by atoms with E-state index >= 15 is 0 Å². The summed E-state index contributed by atoms with van der Waals surface area (Å²) < 4.78 is 36.1. The van der Waals surface area contributed by atoms with Crippen molar-refractivity contribution in [2.45, 2.75) is 19.2 Å². The number of hydrogen-bond donors (Lipinski definition) is 1. The van der Waals surface area contributed by atoms with Crippen molar-refractivity contribution in [3.05, 3.63) is 64.4 Å². The second-order valence-corrected chi connectivity index (χ2v) is 7.93. The summed E-state index contributed by atoms with van der Waals surface area (Å²) in [7, 11) is 0. The third-order valence-corrected chi connectivity index (χ3v) is 6.18. The van der Waals surface area contributed by atoms with Gasteiger partial charge in [0, 0.05) is 36.6 Å². The summed E-state index contributed by atoms with van der Waals surface area (Å²) in [5.74, 6) is 0.227. The summed E-state index contributed by atoms with van der Waals surface area (Å²) in [4.78, 5) is 3.71. The quantitative estimate of drug-likeness (QED) is 0.577. The van der Waals surface area contributed by atoms with E-state index in [1.807, 2.05) is 30.3 Å². The molecule has 1 unspecified atom stereocenters. The van der Waals surface area contributed by atoms with Gasteiger partial charge in [-0.3, -0.25) is 4.90 Å². The van der Waals surface area contributed by atoms with Gasteiger partial charge in [0.2, 0.25) is 0 Å². The van der Waals surface area contributed by atoms with Crippen molar-refractivity contribution >= 4 is 22.1 Å². The molecule has 7 heteroatoms. The lowest BCUT2D eigenvalue weighted by atomic mass is 10.0. The fourth-order valence-corrected chi connectivity index (χ4v) is 4.68. The van der Waals surface area contributed by atoms with E-state index in [0.29, 0.717) is 6.54 Å². The fraction of sp³-hybridized carbons (Fsp3) is 0.364. The zero-order valence-electron chi connectivity index (χ0n) is 16.0. The van der Waals surface area contributed by atoms with Gasteiger partial charge >= 0.3 is 6.61 Å². The van der Waals surface area contributed by atoms with Crippen molar-refractivity contribution in [2.24, 2.45) is 0 Å². The van der Waals surface area contributed by atoms with Crippen molar-refractivity contribution in [1.29, 1.82) is 0 Å². The number of hydrogen-bond acceptors (Lipinski definition) is 5. The zero-order valence-corrected chi connectivity index (χ0v) is 16.8. The van der Waals surface area contributed by atoms with Crippen LogP contribution in [0, 0.1) is 0 Å². The Morgan fingerprint density at radius 2 is 1.90 bits per heavy atom. The van der Waals surface area contributed by atoms with Crippen molar-refractivity contribution in [3.63, 3.8) is 0 Å². The highest BCUT2D eigenvalue weighted by atomic mass is 32.1. The second-order valence-electron chi connectivity index (χ2n) is 6.95. The number of ether oxygens (including phenoxy) is 2. The maximum Gasteiger partial charge on any atom is 0.387 e. The van der Waals surface area contributed by atoms with Gasteiger partial charge in [0.1, 0.15) is 5.75 Å². The molecule has 29 heavy (non-hydrogen) atoms. The first-order chi connectivity index (χ1) is 14.2. The number of morpholine rings is 1. The zero-order chi connectivity index (χ0) is 20.1. The van der Waals surface area contributed by atoms with Crippen LogP contribution in [0.25, 0.3) is 10.8 Å². The van der Waals surface area contributed by atoms with E-state index in [-0.39, 0.29) is 11.8 Å². The van der Waals surface area contributed by atoms with Crippen LogP contribution < -0.4 is 10.1 Å². The second kappa shape index (κ2) is 9.63. The molecule has 154 valence electrons. The molecule has 1 atom stereocenters. The lowest BCUT2D eigenvalue weighted by Crippen LogP contribution is -2.42. The summed E-state index contributed by atoms with van der Waals surface area (Å²) in [5, 5.41) is 7.51. The Morgan fingerprint density at radius 1 is 1.07 bits per heavy atom. The van der Waals surface area contributed by atoms with E-state index in [4.69, 9.17) is 9.47 Å². The largest absolute Gasteiger partial charge is 0.434 e. The van der Waals surface area contributed by atoms with Crippen LogP contribution in [0.5, 0.6) is 5.75 Å². The SMILES string of the molecule is FC(F)Oc1ccc2ccccc2c1CNCC(c1cccs1)N1CCOCC1. The monoisotopic (exact) mass is 418 g/mol. The molecule has 2 aromatic carbocycles. The Balaban J connectivity index is 1.53. The molecule has 1 aliphatic rings. The van der Waals surface area contributed by atoms with Crippen LogP contribution in [0.1, 0.15) is 16.5 Å². The van der Waals surface area contributed by atoms with Crippen molar-refractivity contribution in [2.75, 3.05) is 32.8 Å². The molecule has 4 nitrogen and oxygen atoms in total. The van der Waals surface area contributed by atoms with Gasteiger partial charge in [0.05, 0.1) is 19.3 Å². The summed E-state index contributed by atoms with van der Waals surface area (Å²) >= 11 is 1.74. The molecule has 1 saturated heterocycles. The number of rotatable bonds is 8. The van der Waals surface area contributed by atoms with E-state index in [9.17, 15) is 8.78 Å². The lowest BCUT2D eigenvalue weighted by Gasteiger charge is -2.34. The van der Waals surface area contributed by atoms with Gasteiger partial charge < -0.3 is 14.8 Å². The first-order valence-corrected chi connectivity index (χ1v) is 10.6. The Labute approximate surface area is 173 Å². The normalized spacial score (nSPS) is 16.4. The summed E-state index contributed by atoms with van der Waals surface area (Å²) in [6, 6.07) is 15.7. The minimum atomic E-state index is -2.85. The third kappa shape index (κ3) is 4.93. The molecular formula is C22H24F2N2O2S. The Hall–Kier alpha value is -2.06. The molecule has 1 aromatic heterocycles. The molecule has 4 rings (SSSR count). The Morgan fingerprint density at radius 3 is 2.66 bits per heavy atom. The fourth-order valence-electron chi connectivity index (χ4n) is 3.82. The molecule has 0 aliphatic carbocycles. The third-order valence-electron chi connectivity index (χ3n) is 5.21. The molecule has 0 spiro atoms. The van der Waals surface area contributed by atoms with Crippen LogP contribution in [-0.2, 0) is 11.3 Å².